The molecule has 0 bridgehead atoms. The number of carbonyl (C=O) groups is 2. The third kappa shape index (κ3) is 4.73. The van der Waals surface area contributed by atoms with E-state index in [1.54, 1.807) is 35.2 Å². The van der Waals surface area contributed by atoms with E-state index >= 15 is 0 Å². The maximum atomic E-state index is 12.2. The number of nitrogens with one attached hydrogen (secondary N) is 1. The molecular formula is C19H19ClN2O3. The van der Waals surface area contributed by atoms with Gasteiger partial charge in [-0.25, -0.2) is 0 Å². The first-order valence-corrected chi connectivity index (χ1v) is 8.56. The number of carbonyl (C=O) groups excluding carboxylic acids is 2. The first-order chi connectivity index (χ1) is 12.1. The van der Waals surface area contributed by atoms with Crippen LogP contribution in [0.2, 0.25) is 5.02 Å². The van der Waals surface area contributed by atoms with Gasteiger partial charge in [0.1, 0.15) is 0 Å². The maximum absolute atomic E-state index is 12.2. The van der Waals surface area contributed by atoms with E-state index in [4.69, 9.17) is 16.0 Å². The van der Waals surface area contributed by atoms with Crippen molar-refractivity contribution in [2.75, 3.05) is 13.1 Å². The fourth-order valence-corrected chi connectivity index (χ4v) is 3.01. The average molecular weight is 359 g/mol. The number of hydrogen-bond acceptors (Lipinski definition) is 3. The summed E-state index contributed by atoms with van der Waals surface area (Å²) < 4.78 is 5.14. The Bertz CT molecular complexity index is 763. The van der Waals surface area contributed by atoms with Gasteiger partial charge in [-0.2, -0.15) is 0 Å². The topological polar surface area (TPSA) is 62.6 Å². The van der Waals surface area contributed by atoms with Crippen LogP contribution in [-0.4, -0.2) is 35.8 Å². The van der Waals surface area contributed by atoms with Gasteiger partial charge in [0.05, 0.1) is 6.26 Å². The van der Waals surface area contributed by atoms with Crippen LogP contribution in [0, 0.1) is 0 Å². The Hall–Kier alpha value is -2.53. The molecule has 5 nitrogen and oxygen atoms in total. The van der Waals surface area contributed by atoms with Gasteiger partial charge in [-0.3, -0.25) is 9.59 Å². The number of likely N-dealkylation sites (tertiary alicyclic amines) is 1. The zero-order chi connectivity index (χ0) is 17.6. The molecule has 25 heavy (non-hydrogen) atoms. The van der Waals surface area contributed by atoms with Crippen molar-refractivity contribution in [3.8, 4) is 0 Å². The molecule has 0 unspecified atom stereocenters. The number of halogens is 1. The van der Waals surface area contributed by atoms with E-state index in [2.05, 4.69) is 5.32 Å². The molecule has 0 radical (unpaired) electrons. The van der Waals surface area contributed by atoms with Gasteiger partial charge in [0.2, 0.25) is 5.91 Å². The van der Waals surface area contributed by atoms with Gasteiger partial charge in [0.15, 0.2) is 5.76 Å². The molecule has 3 rings (SSSR count). The standard InChI is InChI=1S/C19H19ClN2O3/c20-15-4-1-3-14(13-15)6-7-18(23)21-16-8-10-22(11-9-16)19(24)17-5-2-12-25-17/h1-7,12-13,16H,8-11H2,(H,21,23)/b7-6+. The first kappa shape index (κ1) is 17.3. The minimum atomic E-state index is -0.143. The zero-order valence-corrected chi connectivity index (χ0v) is 14.4. The normalized spacial score (nSPS) is 15.5. The summed E-state index contributed by atoms with van der Waals surface area (Å²) in [6.07, 6.45) is 6.18. The summed E-state index contributed by atoms with van der Waals surface area (Å²) in [7, 11) is 0. The summed E-state index contributed by atoms with van der Waals surface area (Å²) in [5.74, 6) is 0.110. The van der Waals surface area contributed by atoms with Gasteiger partial charge in [-0.1, -0.05) is 23.7 Å². The zero-order valence-electron chi connectivity index (χ0n) is 13.7. The van der Waals surface area contributed by atoms with Crippen molar-refractivity contribution in [2.45, 2.75) is 18.9 Å². The van der Waals surface area contributed by atoms with Gasteiger partial charge in [-0.05, 0) is 48.7 Å². The van der Waals surface area contributed by atoms with Gasteiger partial charge in [0.25, 0.3) is 5.91 Å². The van der Waals surface area contributed by atoms with E-state index in [9.17, 15) is 9.59 Å². The molecule has 1 fully saturated rings. The largest absolute Gasteiger partial charge is 0.459 e. The molecule has 0 spiro atoms. The Balaban J connectivity index is 1.47. The van der Waals surface area contributed by atoms with Crippen molar-refractivity contribution in [3.63, 3.8) is 0 Å². The second-order valence-electron chi connectivity index (χ2n) is 5.94. The monoisotopic (exact) mass is 358 g/mol. The van der Waals surface area contributed by atoms with E-state index in [-0.39, 0.29) is 17.9 Å². The molecule has 0 saturated carbocycles. The van der Waals surface area contributed by atoms with E-state index in [1.165, 1.54) is 12.3 Å². The lowest BCUT2D eigenvalue weighted by atomic mass is 10.0. The molecule has 6 heteroatoms. The van der Waals surface area contributed by atoms with Crippen LogP contribution in [-0.2, 0) is 4.79 Å². The van der Waals surface area contributed by atoms with E-state index in [0.717, 1.165) is 18.4 Å². The summed E-state index contributed by atoms with van der Waals surface area (Å²) >= 11 is 5.92. The second-order valence-corrected chi connectivity index (χ2v) is 6.38. The quantitative estimate of drug-likeness (QED) is 0.852. The highest BCUT2D eigenvalue weighted by Gasteiger charge is 2.25. The Morgan fingerprint density at radius 2 is 2.00 bits per heavy atom. The molecule has 1 aliphatic heterocycles. The van der Waals surface area contributed by atoms with Gasteiger partial charge >= 0.3 is 0 Å². The Kier molecular flexibility index (Phi) is 5.56. The predicted molar refractivity (Wildman–Crippen MR) is 96.3 cm³/mol. The molecule has 1 aromatic heterocycles. The Labute approximate surface area is 151 Å². The SMILES string of the molecule is O=C(/C=C/c1cccc(Cl)c1)NC1CCN(C(=O)c2ccco2)CC1. The fourth-order valence-electron chi connectivity index (χ4n) is 2.81. The minimum Gasteiger partial charge on any atom is -0.459 e. The van der Waals surface area contributed by atoms with Gasteiger partial charge < -0.3 is 14.6 Å². The highest BCUT2D eigenvalue weighted by Crippen LogP contribution is 2.15. The van der Waals surface area contributed by atoms with Gasteiger partial charge in [-0.15, -0.1) is 0 Å². The van der Waals surface area contributed by atoms with Crippen LogP contribution in [0.1, 0.15) is 29.0 Å². The van der Waals surface area contributed by atoms with Crippen LogP contribution in [0.4, 0.5) is 0 Å². The summed E-state index contributed by atoms with van der Waals surface area (Å²) in [5.41, 5.74) is 0.876. The summed E-state index contributed by atoms with van der Waals surface area (Å²) in [6, 6.07) is 10.7. The number of nitrogens with zero attached hydrogens (tertiary/aromatic N) is 1. The molecule has 1 saturated heterocycles. The molecule has 0 atom stereocenters. The third-order valence-corrected chi connectivity index (χ3v) is 4.37. The van der Waals surface area contributed by atoms with E-state index < -0.39 is 0 Å². The highest BCUT2D eigenvalue weighted by atomic mass is 35.5. The molecule has 130 valence electrons. The van der Waals surface area contributed by atoms with Crippen molar-refractivity contribution >= 4 is 29.5 Å². The lowest BCUT2D eigenvalue weighted by Gasteiger charge is -2.31. The van der Waals surface area contributed by atoms with Gasteiger partial charge in [0, 0.05) is 30.2 Å². The number of hydrogen-bond donors (Lipinski definition) is 1. The van der Waals surface area contributed by atoms with Crippen LogP contribution >= 0.6 is 11.6 Å². The molecule has 0 aliphatic carbocycles. The first-order valence-electron chi connectivity index (χ1n) is 8.19. The maximum Gasteiger partial charge on any atom is 0.289 e. The molecule has 2 heterocycles. The van der Waals surface area contributed by atoms with Crippen LogP contribution in [0.15, 0.2) is 53.2 Å². The molecule has 1 aromatic carbocycles. The Morgan fingerprint density at radius 1 is 1.20 bits per heavy atom. The number of benzene rings is 1. The highest BCUT2D eigenvalue weighted by molar-refractivity contribution is 6.30. The smallest absolute Gasteiger partial charge is 0.289 e. The molecule has 2 aromatic rings. The summed E-state index contributed by atoms with van der Waals surface area (Å²) in [5, 5.41) is 3.61. The van der Waals surface area contributed by atoms with Crippen molar-refractivity contribution < 1.29 is 14.0 Å². The molecular weight excluding hydrogens is 340 g/mol. The Morgan fingerprint density at radius 3 is 2.68 bits per heavy atom. The van der Waals surface area contributed by atoms with Crippen molar-refractivity contribution in [1.29, 1.82) is 0 Å². The summed E-state index contributed by atoms with van der Waals surface area (Å²) in [6.45, 7) is 1.20. The lowest BCUT2D eigenvalue weighted by molar-refractivity contribution is -0.117. The average Bonchev–Trinajstić information content (AvgIpc) is 3.15. The van der Waals surface area contributed by atoms with E-state index in [1.807, 2.05) is 12.1 Å². The number of rotatable bonds is 4. The molecule has 1 N–H and O–H groups in total. The van der Waals surface area contributed by atoms with Crippen LogP contribution in [0.5, 0.6) is 0 Å². The lowest BCUT2D eigenvalue weighted by Crippen LogP contribution is -2.46. The third-order valence-electron chi connectivity index (χ3n) is 4.14. The van der Waals surface area contributed by atoms with Crippen LogP contribution < -0.4 is 5.32 Å². The minimum absolute atomic E-state index is 0.0668. The fraction of sp³-hybridized carbons (Fsp3) is 0.263. The molecule has 1 aliphatic rings. The number of furan rings is 1. The molecule has 2 amide bonds. The van der Waals surface area contributed by atoms with Crippen molar-refractivity contribution in [1.82, 2.24) is 10.2 Å². The summed E-state index contributed by atoms with van der Waals surface area (Å²) in [4.78, 5) is 26.0. The predicted octanol–water partition coefficient (Wildman–Crippen LogP) is 3.37. The van der Waals surface area contributed by atoms with Crippen LogP contribution in [0.3, 0.4) is 0 Å². The van der Waals surface area contributed by atoms with Crippen molar-refractivity contribution in [3.05, 3.63) is 65.1 Å². The second kappa shape index (κ2) is 8.03. The van der Waals surface area contributed by atoms with Crippen molar-refractivity contribution in [2.24, 2.45) is 0 Å². The number of piperidine rings is 1. The number of amides is 2. The van der Waals surface area contributed by atoms with E-state index in [0.29, 0.717) is 23.9 Å². The van der Waals surface area contributed by atoms with Crippen LogP contribution in [0.25, 0.3) is 6.08 Å².